The number of allylic oxidation sites excluding steroid dienone is 4. The third kappa shape index (κ3) is 5.91. The molecule has 3 aliphatic rings. The first-order valence-corrected chi connectivity index (χ1v) is 15.1. The van der Waals surface area contributed by atoms with Gasteiger partial charge in [0.15, 0.2) is 0 Å². The van der Waals surface area contributed by atoms with Crippen molar-refractivity contribution in [2.24, 2.45) is 0 Å². The van der Waals surface area contributed by atoms with Gasteiger partial charge in [0.1, 0.15) is 36.1 Å². The second-order valence-corrected chi connectivity index (χ2v) is 11.1. The lowest BCUT2D eigenvalue weighted by atomic mass is 9.71. The molecule has 4 N–H and O–H groups in total. The second-order valence-electron chi connectivity index (χ2n) is 11.1. The quantitative estimate of drug-likeness (QED) is 0.318. The molecule has 0 atom stereocenters. The first kappa shape index (κ1) is 30.8. The lowest BCUT2D eigenvalue weighted by Crippen LogP contribution is -2.57. The number of nitrogens with zero attached hydrogens (tertiary/aromatic N) is 2. The molecule has 44 heavy (non-hydrogen) atoms. The van der Waals surface area contributed by atoms with E-state index in [1.165, 1.54) is 24.3 Å². The van der Waals surface area contributed by atoms with E-state index in [1.54, 1.807) is 0 Å². The van der Waals surface area contributed by atoms with E-state index in [4.69, 9.17) is 0 Å². The van der Waals surface area contributed by atoms with Crippen LogP contribution in [0.25, 0.3) is 0 Å². The van der Waals surface area contributed by atoms with Crippen LogP contribution in [0.2, 0.25) is 0 Å². The molecule has 0 radical (unpaired) electrons. The molecular weight excluding hydrogens is 556 g/mol. The third-order valence-corrected chi connectivity index (χ3v) is 8.10. The zero-order valence-electron chi connectivity index (χ0n) is 25.0. The highest BCUT2D eigenvalue weighted by atomic mass is 16.3. The number of aliphatic hydroxyl groups excluding tert-OH is 4. The fourth-order valence-electron chi connectivity index (χ4n) is 5.80. The SMILES string of the molecule is CCCC[N+](=C1C=C(O)C(=C2C([O-])C(=C3C(O)=CC(=[N+](CCCC)c4ccccc4)C=C3O)C2[O-])C(O)=C1)c1ccccc1. The van der Waals surface area contributed by atoms with Crippen molar-refractivity contribution in [3.8, 4) is 0 Å². The van der Waals surface area contributed by atoms with Gasteiger partial charge >= 0.3 is 0 Å². The van der Waals surface area contributed by atoms with Crippen molar-refractivity contribution in [1.82, 2.24) is 0 Å². The number of benzene rings is 2. The van der Waals surface area contributed by atoms with Gasteiger partial charge in [0.25, 0.3) is 0 Å². The Balaban J connectivity index is 1.52. The largest absolute Gasteiger partial charge is 0.846 e. The normalized spacial score (nSPS) is 20.1. The minimum atomic E-state index is -1.77. The summed E-state index contributed by atoms with van der Waals surface area (Å²) in [5, 5.41) is 71.0. The van der Waals surface area contributed by atoms with Crippen LogP contribution in [0.15, 0.2) is 130 Å². The molecule has 5 rings (SSSR count). The van der Waals surface area contributed by atoms with E-state index < -0.39 is 12.2 Å². The van der Waals surface area contributed by atoms with Crippen molar-refractivity contribution in [3.63, 3.8) is 0 Å². The standard InChI is InChI=1S/C36H36N2O6/c1-3-5-17-37(23-13-9-7-10-14-23)25-19-27(39)31(28(40)20-25)33-35(43)34(36(33)44)32-29(41)21-26(22-30(32)42)38(18-6-4-2)24-15-11-8-12-16-24/h7-16,19-22,35-36H,3-6,17-18H2,1-2H3,(H2,39,40,41,42)/q-2/p+2. The summed E-state index contributed by atoms with van der Waals surface area (Å²) < 4.78 is 3.91. The lowest BCUT2D eigenvalue weighted by Gasteiger charge is -2.54. The molecule has 0 amide bonds. The van der Waals surface area contributed by atoms with Gasteiger partial charge in [-0.1, -0.05) is 86.4 Å². The van der Waals surface area contributed by atoms with E-state index in [-0.39, 0.29) is 45.3 Å². The molecule has 0 spiro atoms. The number of hydrogen-bond acceptors (Lipinski definition) is 6. The van der Waals surface area contributed by atoms with Gasteiger partial charge in [-0.25, -0.2) is 0 Å². The van der Waals surface area contributed by atoms with Gasteiger partial charge in [0.05, 0.1) is 35.5 Å². The lowest BCUT2D eigenvalue weighted by molar-refractivity contribution is -0.464. The highest BCUT2D eigenvalue weighted by Gasteiger charge is 2.37. The summed E-state index contributed by atoms with van der Waals surface area (Å²) in [6.07, 6.45) is 5.86. The molecule has 0 heterocycles. The number of para-hydroxylation sites is 2. The third-order valence-electron chi connectivity index (χ3n) is 8.10. The highest BCUT2D eigenvalue weighted by molar-refractivity contribution is 6.05. The van der Waals surface area contributed by atoms with Gasteiger partial charge in [-0.15, -0.1) is 0 Å². The van der Waals surface area contributed by atoms with Crippen LogP contribution in [0.5, 0.6) is 0 Å². The minimum absolute atomic E-state index is 0.202. The highest BCUT2D eigenvalue weighted by Crippen LogP contribution is 2.42. The van der Waals surface area contributed by atoms with Crippen LogP contribution >= 0.6 is 0 Å². The van der Waals surface area contributed by atoms with Gasteiger partial charge in [0, 0.05) is 37.1 Å². The van der Waals surface area contributed by atoms with E-state index in [0.29, 0.717) is 24.5 Å². The smallest absolute Gasteiger partial charge is 0.213 e. The summed E-state index contributed by atoms with van der Waals surface area (Å²) in [4.78, 5) is 0. The molecule has 1 fully saturated rings. The Hall–Kier alpha value is -4.66. The number of rotatable bonds is 8. The molecule has 8 heteroatoms. The molecule has 0 unspecified atom stereocenters. The van der Waals surface area contributed by atoms with Gasteiger partial charge in [-0.2, -0.15) is 9.15 Å². The van der Waals surface area contributed by atoms with E-state index in [0.717, 1.165) is 37.1 Å². The van der Waals surface area contributed by atoms with Crippen molar-refractivity contribution in [3.05, 3.63) is 130 Å². The van der Waals surface area contributed by atoms with Crippen LogP contribution in [0.3, 0.4) is 0 Å². The van der Waals surface area contributed by atoms with Crippen LogP contribution in [0, 0.1) is 0 Å². The molecule has 2 aromatic rings. The fourth-order valence-corrected chi connectivity index (χ4v) is 5.80. The molecule has 2 aromatic carbocycles. The fraction of sp³-hybridized carbons (Fsp3) is 0.278. The van der Waals surface area contributed by atoms with Crippen LogP contribution in [-0.4, -0.2) is 66.3 Å². The minimum Gasteiger partial charge on any atom is -0.846 e. The van der Waals surface area contributed by atoms with Crippen molar-refractivity contribution in [2.75, 3.05) is 13.1 Å². The predicted octanol–water partition coefficient (Wildman–Crippen LogP) is 5.02. The topological polar surface area (TPSA) is 133 Å². The summed E-state index contributed by atoms with van der Waals surface area (Å²) in [5.74, 6) is -1.53. The maximum atomic E-state index is 13.5. The monoisotopic (exact) mass is 594 g/mol. The molecule has 228 valence electrons. The number of hydrogen-bond donors (Lipinski definition) is 4. The molecule has 0 aliphatic heterocycles. The van der Waals surface area contributed by atoms with E-state index in [2.05, 4.69) is 13.8 Å². The maximum Gasteiger partial charge on any atom is 0.213 e. The van der Waals surface area contributed by atoms with Gasteiger partial charge in [0.2, 0.25) is 22.8 Å². The second kappa shape index (κ2) is 13.3. The summed E-state index contributed by atoms with van der Waals surface area (Å²) in [5.41, 5.74) is 1.91. The van der Waals surface area contributed by atoms with Crippen LogP contribution in [0.4, 0.5) is 11.4 Å². The summed E-state index contributed by atoms with van der Waals surface area (Å²) in [6, 6.07) is 19.1. The maximum absolute atomic E-state index is 13.5. The van der Waals surface area contributed by atoms with Crippen LogP contribution in [-0.2, 0) is 0 Å². The van der Waals surface area contributed by atoms with Crippen LogP contribution < -0.4 is 10.2 Å². The van der Waals surface area contributed by atoms with Gasteiger partial charge in [-0.05, 0) is 0 Å². The van der Waals surface area contributed by atoms with Crippen molar-refractivity contribution < 1.29 is 39.8 Å². The Bertz CT molecular complexity index is 1490. The molecule has 0 aromatic heterocycles. The zero-order valence-corrected chi connectivity index (χ0v) is 25.0. The predicted molar refractivity (Wildman–Crippen MR) is 167 cm³/mol. The zero-order chi connectivity index (χ0) is 31.4. The first-order valence-electron chi connectivity index (χ1n) is 15.1. The molecular formula is C36H38N2O6. The molecule has 0 saturated heterocycles. The summed E-state index contributed by atoms with van der Waals surface area (Å²) in [7, 11) is 0. The molecule has 8 nitrogen and oxygen atoms in total. The Labute approximate surface area is 257 Å². The van der Waals surface area contributed by atoms with Gasteiger partial charge < -0.3 is 30.6 Å². The Kier molecular flexibility index (Phi) is 9.32. The van der Waals surface area contributed by atoms with Crippen molar-refractivity contribution in [1.29, 1.82) is 0 Å². The van der Waals surface area contributed by atoms with Crippen molar-refractivity contribution >= 4 is 22.8 Å². The summed E-state index contributed by atoms with van der Waals surface area (Å²) >= 11 is 0. The number of aliphatic hydroxyl groups is 4. The molecule has 3 aliphatic carbocycles. The van der Waals surface area contributed by atoms with E-state index in [1.807, 2.05) is 69.8 Å². The van der Waals surface area contributed by atoms with Crippen LogP contribution in [0.1, 0.15) is 39.5 Å². The molecule has 1 saturated carbocycles. The Morgan fingerprint density at radius 2 is 0.864 bits per heavy atom. The summed E-state index contributed by atoms with van der Waals surface area (Å²) in [6.45, 7) is 5.41. The van der Waals surface area contributed by atoms with E-state index >= 15 is 0 Å². The Morgan fingerprint density at radius 1 is 0.545 bits per heavy atom. The average Bonchev–Trinajstić information content (AvgIpc) is 3.02. The first-order chi connectivity index (χ1) is 21.3. The van der Waals surface area contributed by atoms with Gasteiger partial charge in [-0.3, -0.25) is 0 Å². The van der Waals surface area contributed by atoms with Crippen molar-refractivity contribution in [2.45, 2.75) is 51.7 Å². The number of unbranched alkanes of at least 4 members (excludes halogenated alkanes) is 2. The molecule has 0 bridgehead atoms. The average molecular weight is 595 g/mol. The Morgan fingerprint density at radius 3 is 1.16 bits per heavy atom. The van der Waals surface area contributed by atoms with E-state index in [9.17, 15) is 30.6 Å².